The number of carbonyl (C=O) groups excluding carboxylic acids is 2. The molecule has 3 nitrogen and oxygen atoms in total. The Morgan fingerprint density at radius 2 is 1.65 bits per heavy atom. The summed E-state index contributed by atoms with van der Waals surface area (Å²) in [6.07, 6.45) is -0.311. The number of ketones is 1. The number of halogens is 1. The van der Waals surface area contributed by atoms with E-state index in [2.05, 4.69) is 0 Å². The Morgan fingerprint density at radius 3 is 2.25 bits per heavy atom. The van der Waals surface area contributed by atoms with Gasteiger partial charge in [-0.2, -0.15) is 0 Å². The van der Waals surface area contributed by atoms with Crippen LogP contribution < -0.4 is 34.7 Å². The fourth-order valence-electron chi connectivity index (χ4n) is 1.79. The number of hydrogen-bond acceptors (Lipinski definition) is 3. The first-order chi connectivity index (χ1) is 9.09. The van der Waals surface area contributed by atoms with E-state index < -0.39 is 5.97 Å². The molecule has 0 atom stereocenters. The number of carboxylic acid groups (broad SMARTS) is 1. The summed E-state index contributed by atoms with van der Waals surface area (Å²) in [6.45, 7) is 0. The molecule has 0 aliphatic carbocycles. The fourth-order valence-corrected chi connectivity index (χ4v) is 2.07. The number of benzene rings is 2. The van der Waals surface area contributed by atoms with Crippen LogP contribution in [0.5, 0.6) is 0 Å². The molecule has 0 amide bonds. The van der Waals surface area contributed by atoms with Crippen LogP contribution >= 0.6 is 11.6 Å². The smallest absolute Gasteiger partial charge is 0.550 e. The van der Waals surface area contributed by atoms with E-state index in [-0.39, 0.29) is 46.8 Å². The van der Waals surface area contributed by atoms with Gasteiger partial charge in [0.05, 0.1) is 5.02 Å². The van der Waals surface area contributed by atoms with E-state index in [0.29, 0.717) is 16.7 Å². The Bertz CT molecular complexity index is 626. The second-order valence-corrected chi connectivity index (χ2v) is 4.40. The summed E-state index contributed by atoms with van der Waals surface area (Å²) in [7, 11) is 0. The molecule has 96 valence electrons. The van der Waals surface area contributed by atoms with Gasteiger partial charge in [-0.3, -0.25) is 4.79 Å². The third-order valence-corrected chi connectivity index (χ3v) is 3.14. The fraction of sp³-hybridized carbons (Fsp3) is 0.0667. The van der Waals surface area contributed by atoms with E-state index in [4.69, 9.17) is 11.6 Å². The van der Waals surface area contributed by atoms with E-state index in [0.717, 1.165) is 0 Å². The molecule has 2 aromatic rings. The predicted octanol–water partition coefficient (Wildman–Crippen LogP) is -1.13. The number of aliphatic carboxylic acids is 1. The summed E-state index contributed by atoms with van der Waals surface area (Å²) in [5, 5.41) is 10.8. The standard InChI is InChI=1S/C15H11ClO3.Na/c16-14-11(9-13(17)18)7-4-8-12(14)15(19)10-5-2-1-3-6-10;/h1-8H,9H2,(H,17,18);/q;+1/p-1. The number of hydrogen-bond donors (Lipinski definition) is 0. The van der Waals surface area contributed by atoms with Crippen LogP contribution in [0.15, 0.2) is 48.5 Å². The molecule has 0 saturated carbocycles. The predicted molar refractivity (Wildman–Crippen MR) is 70.0 cm³/mol. The Morgan fingerprint density at radius 1 is 1.00 bits per heavy atom. The third kappa shape index (κ3) is 3.93. The van der Waals surface area contributed by atoms with Crippen LogP contribution in [0.2, 0.25) is 5.02 Å². The summed E-state index contributed by atoms with van der Waals surface area (Å²) in [5.41, 5.74) is 1.19. The zero-order chi connectivity index (χ0) is 13.8. The summed E-state index contributed by atoms with van der Waals surface area (Å²) in [4.78, 5) is 22.9. The molecule has 5 heteroatoms. The number of carboxylic acids is 1. The Hall–Kier alpha value is -1.13. The largest absolute Gasteiger partial charge is 1.00 e. The van der Waals surface area contributed by atoms with Gasteiger partial charge in [0.25, 0.3) is 0 Å². The first-order valence-corrected chi connectivity index (χ1v) is 6.04. The van der Waals surface area contributed by atoms with Gasteiger partial charge in [0.2, 0.25) is 0 Å². The zero-order valence-corrected chi connectivity index (χ0v) is 13.7. The van der Waals surface area contributed by atoms with Crippen molar-refractivity contribution in [3.63, 3.8) is 0 Å². The van der Waals surface area contributed by atoms with Gasteiger partial charge in [-0.15, -0.1) is 0 Å². The van der Waals surface area contributed by atoms with Crippen LogP contribution in [-0.2, 0) is 11.2 Å². The maximum absolute atomic E-state index is 12.3. The van der Waals surface area contributed by atoms with Crippen LogP contribution in [-0.4, -0.2) is 11.8 Å². The number of rotatable bonds is 4. The zero-order valence-electron chi connectivity index (χ0n) is 10.9. The van der Waals surface area contributed by atoms with Crippen LogP contribution in [0.1, 0.15) is 21.5 Å². The second kappa shape index (κ2) is 7.60. The molecule has 20 heavy (non-hydrogen) atoms. The van der Waals surface area contributed by atoms with E-state index in [1.807, 2.05) is 6.07 Å². The Balaban J connectivity index is 0.00000200. The minimum atomic E-state index is -1.23. The summed E-state index contributed by atoms with van der Waals surface area (Å²) in [6, 6.07) is 13.5. The molecule has 0 fully saturated rings. The van der Waals surface area contributed by atoms with Gasteiger partial charge >= 0.3 is 29.6 Å². The Kier molecular flexibility index (Phi) is 6.43. The maximum atomic E-state index is 12.3. The molecule has 2 aromatic carbocycles. The molecule has 2 rings (SSSR count). The minimum absolute atomic E-state index is 0. The van der Waals surface area contributed by atoms with Gasteiger partial charge in [-0.25, -0.2) is 0 Å². The quantitative estimate of drug-likeness (QED) is 0.530. The van der Waals surface area contributed by atoms with E-state index >= 15 is 0 Å². The molecule has 0 N–H and O–H groups in total. The average Bonchev–Trinajstić information content (AvgIpc) is 2.41. The van der Waals surface area contributed by atoms with Gasteiger partial charge in [-0.1, -0.05) is 54.1 Å². The van der Waals surface area contributed by atoms with E-state index in [9.17, 15) is 14.7 Å². The van der Waals surface area contributed by atoms with Gasteiger partial charge in [0.15, 0.2) is 5.78 Å². The topological polar surface area (TPSA) is 57.2 Å². The number of carbonyl (C=O) groups is 2. The average molecular weight is 297 g/mol. The van der Waals surface area contributed by atoms with Crippen molar-refractivity contribution in [1.29, 1.82) is 0 Å². The molecule has 0 radical (unpaired) electrons. The van der Waals surface area contributed by atoms with Crippen LogP contribution in [0.3, 0.4) is 0 Å². The van der Waals surface area contributed by atoms with Crippen molar-refractivity contribution in [3.05, 3.63) is 70.2 Å². The summed E-state index contributed by atoms with van der Waals surface area (Å²) < 4.78 is 0. The van der Waals surface area contributed by atoms with Gasteiger partial charge in [0, 0.05) is 23.5 Å². The van der Waals surface area contributed by atoms with Crippen LogP contribution in [0.25, 0.3) is 0 Å². The normalized spacial score (nSPS) is 9.65. The molecule has 0 spiro atoms. The molecular formula is C15H10ClNaO3. The van der Waals surface area contributed by atoms with Crippen molar-refractivity contribution in [1.82, 2.24) is 0 Å². The Labute approximate surface area is 143 Å². The van der Waals surface area contributed by atoms with Crippen molar-refractivity contribution < 1.29 is 44.3 Å². The van der Waals surface area contributed by atoms with Gasteiger partial charge < -0.3 is 9.90 Å². The first kappa shape index (κ1) is 16.9. The molecule has 0 saturated heterocycles. The van der Waals surface area contributed by atoms with Gasteiger partial charge in [0.1, 0.15) is 0 Å². The van der Waals surface area contributed by atoms with Crippen molar-refractivity contribution in [3.8, 4) is 0 Å². The van der Waals surface area contributed by atoms with Crippen LogP contribution in [0, 0.1) is 0 Å². The van der Waals surface area contributed by atoms with Crippen molar-refractivity contribution in [2.45, 2.75) is 6.42 Å². The van der Waals surface area contributed by atoms with Crippen molar-refractivity contribution >= 4 is 23.4 Å². The molecule has 0 aliphatic rings. The molecule has 0 unspecified atom stereocenters. The second-order valence-electron chi connectivity index (χ2n) is 4.02. The van der Waals surface area contributed by atoms with Crippen molar-refractivity contribution in [2.24, 2.45) is 0 Å². The van der Waals surface area contributed by atoms with Crippen LogP contribution in [0.4, 0.5) is 0 Å². The monoisotopic (exact) mass is 296 g/mol. The van der Waals surface area contributed by atoms with E-state index in [1.54, 1.807) is 42.5 Å². The first-order valence-electron chi connectivity index (χ1n) is 5.66. The van der Waals surface area contributed by atoms with Crippen molar-refractivity contribution in [2.75, 3.05) is 0 Å². The molecule has 0 bridgehead atoms. The molecular weight excluding hydrogens is 287 g/mol. The van der Waals surface area contributed by atoms with E-state index in [1.165, 1.54) is 0 Å². The summed E-state index contributed by atoms with van der Waals surface area (Å²) >= 11 is 6.09. The maximum Gasteiger partial charge on any atom is 1.00 e. The third-order valence-electron chi connectivity index (χ3n) is 2.69. The molecule has 0 heterocycles. The SMILES string of the molecule is O=C([O-])Cc1cccc(C(=O)c2ccccc2)c1Cl.[Na+]. The molecule has 0 aromatic heterocycles. The summed E-state index contributed by atoms with van der Waals surface area (Å²) in [5.74, 6) is -1.46. The minimum Gasteiger partial charge on any atom is -0.550 e. The van der Waals surface area contributed by atoms with Gasteiger partial charge in [-0.05, 0) is 11.6 Å². The molecule has 0 aliphatic heterocycles.